The largest absolute Gasteiger partial charge is 0.296 e. The Labute approximate surface area is 126 Å². The van der Waals surface area contributed by atoms with Gasteiger partial charge in [-0.25, -0.2) is 0 Å². The second-order valence-corrected chi connectivity index (χ2v) is 5.26. The van der Waals surface area contributed by atoms with Crippen LogP contribution in [0.25, 0.3) is 0 Å². The number of nitrogens with one attached hydrogen (secondary N) is 1. The number of hydrogen-bond donors (Lipinski definition) is 1. The SMILES string of the molecule is CCCNC(C#N)(CCn1nccc1C)c1ccccc1. The Hall–Kier alpha value is -2.12. The van der Waals surface area contributed by atoms with Crippen LogP contribution in [0.5, 0.6) is 0 Å². The highest BCUT2D eigenvalue weighted by molar-refractivity contribution is 5.31. The van der Waals surface area contributed by atoms with Gasteiger partial charge in [0.25, 0.3) is 0 Å². The lowest BCUT2D eigenvalue weighted by Gasteiger charge is -2.28. The molecule has 1 N–H and O–H groups in total. The lowest BCUT2D eigenvalue weighted by Crippen LogP contribution is -2.42. The average Bonchev–Trinajstić information content (AvgIpc) is 2.94. The van der Waals surface area contributed by atoms with Crippen LogP contribution in [0.2, 0.25) is 0 Å². The van der Waals surface area contributed by atoms with Crippen LogP contribution in [-0.4, -0.2) is 16.3 Å². The highest BCUT2D eigenvalue weighted by Gasteiger charge is 2.31. The van der Waals surface area contributed by atoms with E-state index in [1.807, 2.05) is 48.0 Å². The third kappa shape index (κ3) is 3.50. The summed E-state index contributed by atoms with van der Waals surface area (Å²) in [5.41, 5.74) is 1.48. The molecule has 4 heteroatoms. The first-order valence-electron chi connectivity index (χ1n) is 7.42. The minimum Gasteiger partial charge on any atom is -0.296 e. The van der Waals surface area contributed by atoms with Crippen molar-refractivity contribution in [2.45, 2.75) is 38.8 Å². The molecule has 0 aliphatic heterocycles. The summed E-state index contributed by atoms with van der Waals surface area (Å²) >= 11 is 0. The van der Waals surface area contributed by atoms with E-state index in [-0.39, 0.29) is 0 Å². The molecule has 2 rings (SSSR count). The Morgan fingerprint density at radius 1 is 1.29 bits per heavy atom. The molecule has 0 aliphatic rings. The number of rotatable bonds is 7. The molecule has 1 aromatic carbocycles. The summed E-state index contributed by atoms with van der Waals surface area (Å²) in [4.78, 5) is 0. The van der Waals surface area contributed by atoms with E-state index in [2.05, 4.69) is 23.4 Å². The van der Waals surface area contributed by atoms with E-state index in [1.165, 1.54) is 0 Å². The lowest BCUT2D eigenvalue weighted by atomic mass is 9.87. The van der Waals surface area contributed by atoms with Gasteiger partial charge in [-0.15, -0.1) is 0 Å². The van der Waals surface area contributed by atoms with Gasteiger partial charge in [0.15, 0.2) is 0 Å². The minimum atomic E-state index is -0.657. The molecule has 1 heterocycles. The van der Waals surface area contributed by atoms with E-state index in [0.29, 0.717) is 6.42 Å². The third-order valence-electron chi connectivity index (χ3n) is 3.76. The molecule has 0 amide bonds. The molecule has 4 nitrogen and oxygen atoms in total. The van der Waals surface area contributed by atoms with Gasteiger partial charge >= 0.3 is 0 Å². The normalized spacial score (nSPS) is 13.6. The second kappa shape index (κ2) is 7.05. The first-order valence-corrected chi connectivity index (χ1v) is 7.42. The van der Waals surface area contributed by atoms with Crippen molar-refractivity contribution in [2.75, 3.05) is 6.54 Å². The van der Waals surface area contributed by atoms with Crippen molar-refractivity contribution < 1.29 is 0 Å². The molecule has 0 aliphatic carbocycles. The van der Waals surface area contributed by atoms with Gasteiger partial charge in [-0.2, -0.15) is 10.4 Å². The Bertz CT molecular complexity index is 597. The molecule has 1 unspecified atom stereocenters. The molecule has 0 saturated carbocycles. The number of nitrogens with zero attached hydrogens (tertiary/aromatic N) is 3. The van der Waals surface area contributed by atoms with Gasteiger partial charge in [-0.05, 0) is 31.5 Å². The summed E-state index contributed by atoms with van der Waals surface area (Å²) in [5, 5.41) is 17.5. The van der Waals surface area contributed by atoms with Crippen molar-refractivity contribution in [2.24, 2.45) is 0 Å². The Morgan fingerprint density at radius 2 is 2.05 bits per heavy atom. The summed E-state index contributed by atoms with van der Waals surface area (Å²) in [6.07, 6.45) is 3.48. The van der Waals surface area contributed by atoms with E-state index in [9.17, 15) is 5.26 Å². The molecule has 0 spiro atoms. The quantitative estimate of drug-likeness (QED) is 0.849. The number of nitriles is 1. The highest BCUT2D eigenvalue weighted by atomic mass is 15.3. The standard InChI is InChI=1S/C17H22N4/c1-3-11-19-17(14-18,16-7-5-4-6-8-16)10-13-21-15(2)9-12-20-21/h4-9,12,19H,3,10-11,13H2,1-2H3. The lowest BCUT2D eigenvalue weighted by molar-refractivity contribution is 0.362. The zero-order chi connectivity index (χ0) is 15.1. The number of hydrogen-bond acceptors (Lipinski definition) is 3. The fourth-order valence-corrected chi connectivity index (χ4v) is 2.46. The zero-order valence-corrected chi connectivity index (χ0v) is 12.7. The predicted molar refractivity (Wildman–Crippen MR) is 83.6 cm³/mol. The molecule has 0 radical (unpaired) electrons. The Kier molecular flexibility index (Phi) is 5.13. The monoisotopic (exact) mass is 282 g/mol. The maximum Gasteiger partial charge on any atom is 0.134 e. The van der Waals surface area contributed by atoms with Crippen LogP contribution < -0.4 is 5.32 Å². The Morgan fingerprint density at radius 3 is 2.62 bits per heavy atom. The third-order valence-corrected chi connectivity index (χ3v) is 3.76. The average molecular weight is 282 g/mol. The van der Waals surface area contributed by atoms with E-state index in [4.69, 9.17) is 0 Å². The number of aryl methyl sites for hydroxylation is 2. The molecule has 1 aromatic heterocycles. The fourth-order valence-electron chi connectivity index (χ4n) is 2.46. The highest BCUT2D eigenvalue weighted by Crippen LogP contribution is 2.25. The smallest absolute Gasteiger partial charge is 0.134 e. The van der Waals surface area contributed by atoms with Crippen LogP contribution in [-0.2, 0) is 12.1 Å². The van der Waals surface area contributed by atoms with Crippen molar-refractivity contribution in [3.05, 3.63) is 53.9 Å². The van der Waals surface area contributed by atoms with Crippen LogP contribution >= 0.6 is 0 Å². The van der Waals surface area contributed by atoms with Crippen LogP contribution in [0.1, 0.15) is 31.0 Å². The molecule has 0 bridgehead atoms. The number of aromatic nitrogens is 2. The van der Waals surface area contributed by atoms with Crippen molar-refractivity contribution in [1.29, 1.82) is 5.26 Å². The predicted octanol–water partition coefficient (Wildman–Crippen LogP) is 3.00. The van der Waals surface area contributed by atoms with Crippen molar-refractivity contribution >= 4 is 0 Å². The van der Waals surface area contributed by atoms with Crippen molar-refractivity contribution in [1.82, 2.24) is 15.1 Å². The van der Waals surface area contributed by atoms with Crippen LogP contribution in [0.15, 0.2) is 42.6 Å². The van der Waals surface area contributed by atoms with Crippen LogP contribution in [0.3, 0.4) is 0 Å². The summed E-state index contributed by atoms with van der Waals surface area (Å²) in [6, 6.07) is 14.4. The van der Waals surface area contributed by atoms with Gasteiger partial charge in [0.1, 0.15) is 5.54 Å². The van der Waals surface area contributed by atoms with Crippen molar-refractivity contribution in [3.8, 4) is 6.07 Å². The van der Waals surface area contributed by atoms with Gasteiger partial charge < -0.3 is 0 Å². The molecule has 21 heavy (non-hydrogen) atoms. The van der Waals surface area contributed by atoms with E-state index in [0.717, 1.165) is 30.8 Å². The van der Waals surface area contributed by atoms with Gasteiger partial charge in [0, 0.05) is 24.9 Å². The molecule has 1 atom stereocenters. The molecular formula is C17H22N4. The maximum atomic E-state index is 9.81. The molecule has 0 fully saturated rings. The summed E-state index contributed by atoms with van der Waals surface area (Å²) < 4.78 is 1.95. The summed E-state index contributed by atoms with van der Waals surface area (Å²) in [5.74, 6) is 0. The Balaban J connectivity index is 2.23. The molecule has 2 aromatic rings. The fraction of sp³-hybridized carbons (Fsp3) is 0.412. The molecule has 0 saturated heterocycles. The van der Waals surface area contributed by atoms with Gasteiger partial charge in [0.2, 0.25) is 0 Å². The van der Waals surface area contributed by atoms with Crippen molar-refractivity contribution in [3.63, 3.8) is 0 Å². The van der Waals surface area contributed by atoms with Crippen LogP contribution in [0, 0.1) is 18.3 Å². The number of benzene rings is 1. The minimum absolute atomic E-state index is 0.657. The van der Waals surface area contributed by atoms with E-state index >= 15 is 0 Å². The van der Waals surface area contributed by atoms with E-state index in [1.54, 1.807) is 6.20 Å². The van der Waals surface area contributed by atoms with Crippen LogP contribution in [0.4, 0.5) is 0 Å². The summed E-state index contributed by atoms with van der Waals surface area (Å²) in [6.45, 7) is 5.68. The van der Waals surface area contributed by atoms with Gasteiger partial charge in [-0.3, -0.25) is 10.00 Å². The van der Waals surface area contributed by atoms with Gasteiger partial charge in [0.05, 0.1) is 6.07 Å². The van der Waals surface area contributed by atoms with Gasteiger partial charge in [-0.1, -0.05) is 37.3 Å². The topological polar surface area (TPSA) is 53.6 Å². The summed E-state index contributed by atoms with van der Waals surface area (Å²) in [7, 11) is 0. The molecule has 110 valence electrons. The molecular weight excluding hydrogens is 260 g/mol. The first kappa shape index (κ1) is 15.3. The zero-order valence-electron chi connectivity index (χ0n) is 12.7. The second-order valence-electron chi connectivity index (χ2n) is 5.26. The van der Waals surface area contributed by atoms with E-state index < -0.39 is 5.54 Å². The first-order chi connectivity index (χ1) is 10.2. The maximum absolute atomic E-state index is 9.81.